The highest BCUT2D eigenvalue weighted by atomic mass is 32.2. The Labute approximate surface area is 159 Å². The Morgan fingerprint density at radius 3 is 2.67 bits per heavy atom. The number of non-ortho nitro benzene ring substituents is 1. The van der Waals surface area contributed by atoms with E-state index < -0.39 is 22.8 Å². The van der Waals surface area contributed by atoms with Crippen LogP contribution in [0.1, 0.15) is 36.1 Å². The van der Waals surface area contributed by atoms with Crippen LogP contribution in [0.5, 0.6) is 0 Å². The van der Waals surface area contributed by atoms with E-state index in [1.165, 1.54) is 24.3 Å². The molecule has 1 heterocycles. The Morgan fingerprint density at radius 1 is 1.37 bits per heavy atom. The zero-order chi connectivity index (χ0) is 20.1. The van der Waals surface area contributed by atoms with Crippen LogP contribution in [0.3, 0.4) is 0 Å². The molecule has 1 atom stereocenters. The van der Waals surface area contributed by atoms with Crippen LogP contribution < -0.4 is 11.1 Å². The van der Waals surface area contributed by atoms with Gasteiger partial charge in [-0.3, -0.25) is 19.7 Å². The van der Waals surface area contributed by atoms with Crippen molar-refractivity contribution >= 4 is 29.3 Å². The number of hydrogen-bond donors (Lipinski definition) is 2. The van der Waals surface area contributed by atoms with Crippen molar-refractivity contribution in [2.24, 2.45) is 18.7 Å². The zero-order valence-corrected chi connectivity index (χ0v) is 15.9. The zero-order valence-electron chi connectivity index (χ0n) is 15.1. The van der Waals surface area contributed by atoms with E-state index in [4.69, 9.17) is 5.73 Å². The monoisotopic (exact) mass is 392 g/mol. The van der Waals surface area contributed by atoms with E-state index in [9.17, 15) is 19.7 Å². The van der Waals surface area contributed by atoms with E-state index in [1.807, 2.05) is 13.8 Å². The summed E-state index contributed by atoms with van der Waals surface area (Å²) in [5.41, 5.74) is 5.17. The number of hydrogen-bond acceptors (Lipinski definition) is 7. The highest BCUT2D eigenvalue weighted by Crippen LogP contribution is 2.24. The number of nitrogens with one attached hydrogen (secondary N) is 1. The molecule has 0 spiro atoms. The maximum atomic E-state index is 12.6. The average molecular weight is 392 g/mol. The molecule has 0 radical (unpaired) electrons. The summed E-state index contributed by atoms with van der Waals surface area (Å²) < 4.78 is 1.69. The normalized spacial score (nSPS) is 12.0. The van der Waals surface area contributed by atoms with Gasteiger partial charge >= 0.3 is 0 Å². The molecule has 3 N–H and O–H groups in total. The van der Waals surface area contributed by atoms with E-state index in [0.29, 0.717) is 11.0 Å². The van der Waals surface area contributed by atoms with Crippen molar-refractivity contribution in [3.05, 3.63) is 45.8 Å². The van der Waals surface area contributed by atoms with Gasteiger partial charge in [0, 0.05) is 24.7 Å². The molecule has 0 aliphatic rings. The summed E-state index contributed by atoms with van der Waals surface area (Å²) in [7, 11) is 1.73. The molecule has 10 nitrogen and oxygen atoms in total. The fourth-order valence-corrected chi connectivity index (χ4v) is 3.03. The van der Waals surface area contributed by atoms with Crippen molar-refractivity contribution in [2.75, 3.05) is 5.75 Å². The van der Waals surface area contributed by atoms with Crippen molar-refractivity contribution in [3.8, 4) is 0 Å². The molecule has 1 aromatic heterocycles. The third-order valence-electron chi connectivity index (χ3n) is 3.76. The molecule has 0 bridgehead atoms. The minimum Gasteiger partial charge on any atom is -0.369 e. The summed E-state index contributed by atoms with van der Waals surface area (Å²) in [5.74, 6) is -0.366. The van der Waals surface area contributed by atoms with Gasteiger partial charge < -0.3 is 15.6 Å². The molecular weight excluding hydrogens is 372 g/mol. The molecule has 0 aliphatic carbocycles. The van der Waals surface area contributed by atoms with Crippen molar-refractivity contribution in [1.29, 1.82) is 0 Å². The summed E-state index contributed by atoms with van der Waals surface area (Å²) in [6.45, 7) is 3.81. The van der Waals surface area contributed by atoms with E-state index in [0.717, 1.165) is 11.8 Å². The lowest BCUT2D eigenvalue weighted by Gasteiger charge is -2.21. The summed E-state index contributed by atoms with van der Waals surface area (Å²) in [6.07, 6.45) is 0. The molecule has 0 aliphatic heterocycles. The summed E-state index contributed by atoms with van der Waals surface area (Å²) in [6, 6.07) is 5.03. The maximum absolute atomic E-state index is 12.6. The second kappa shape index (κ2) is 8.62. The van der Waals surface area contributed by atoms with Crippen LogP contribution in [-0.4, -0.2) is 37.3 Å². The lowest BCUT2D eigenvalue weighted by molar-refractivity contribution is -0.384. The molecule has 0 saturated carbocycles. The Morgan fingerprint density at radius 2 is 2.07 bits per heavy atom. The van der Waals surface area contributed by atoms with Crippen molar-refractivity contribution in [3.63, 3.8) is 0 Å². The number of primary amides is 1. The lowest BCUT2D eigenvalue weighted by atomic mass is 10.0. The number of thioether (sulfide) groups is 1. The molecular formula is C16H20N6O4S. The Kier molecular flexibility index (Phi) is 6.50. The van der Waals surface area contributed by atoms with Gasteiger partial charge in [0.05, 0.1) is 16.7 Å². The van der Waals surface area contributed by atoms with Crippen LogP contribution >= 0.6 is 11.8 Å². The van der Waals surface area contributed by atoms with Gasteiger partial charge in [0.15, 0.2) is 11.0 Å². The number of nitrogens with zero attached hydrogens (tertiary/aromatic N) is 4. The first-order valence-electron chi connectivity index (χ1n) is 8.06. The van der Waals surface area contributed by atoms with Crippen LogP contribution in [0.15, 0.2) is 29.4 Å². The fraction of sp³-hybridized carbons (Fsp3) is 0.375. The second-order valence-corrected chi connectivity index (χ2v) is 7.10. The number of aromatic nitrogens is 3. The SMILES string of the molecule is CC(C)[C@@H](NC(=O)c1cccc([N+](=O)[O-])c1)c1nnc(SCC(N)=O)n1C. The van der Waals surface area contributed by atoms with Crippen LogP contribution in [0.4, 0.5) is 5.69 Å². The smallest absolute Gasteiger partial charge is 0.270 e. The predicted octanol–water partition coefficient (Wildman–Crippen LogP) is 1.43. The second-order valence-electron chi connectivity index (χ2n) is 6.16. The molecule has 144 valence electrons. The molecule has 2 amide bonds. The number of rotatable bonds is 8. The minimum absolute atomic E-state index is 0.0236. The van der Waals surface area contributed by atoms with E-state index in [1.54, 1.807) is 11.6 Å². The van der Waals surface area contributed by atoms with Crippen molar-refractivity contribution in [1.82, 2.24) is 20.1 Å². The Hall–Kier alpha value is -2.95. The van der Waals surface area contributed by atoms with Gasteiger partial charge in [0.1, 0.15) is 0 Å². The maximum Gasteiger partial charge on any atom is 0.270 e. The lowest BCUT2D eigenvalue weighted by Crippen LogP contribution is -2.33. The summed E-state index contributed by atoms with van der Waals surface area (Å²) in [5, 5.41) is 22.4. The van der Waals surface area contributed by atoms with Gasteiger partial charge in [-0.1, -0.05) is 31.7 Å². The first-order chi connectivity index (χ1) is 12.7. The number of amides is 2. The number of carbonyl (C=O) groups is 2. The van der Waals surface area contributed by atoms with Crippen LogP contribution in [-0.2, 0) is 11.8 Å². The molecule has 2 aromatic rings. The summed E-state index contributed by atoms with van der Waals surface area (Å²) in [4.78, 5) is 33.9. The average Bonchev–Trinajstić information content (AvgIpc) is 2.97. The standard InChI is InChI=1S/C16H20N6O4S/c1-9(2)13(14-19-20-16(21(14)3)27-8-12(17)23)18-15(24)10-5-4-6-11(7-10)22(25)26/h4-7,9,13H,8H2,1-3H3,(H2,17,23)(H,18,24)/t13-/m1/s1. The Bertz CT molecular complexity index is 866. The number of nitro groups is 1. The first kappa shape index (κ1) is 20.4. The largest absolute Gasteiger partial charge is 0.369 e. The third-order valence-corrected chi connectivity index (χ3v) is 4.81. The summed E-state index contributed by atoms with van der Waals surface area (Å²) >= 11 is 1.15. The van der Waals surface area contributed by atoms with E-state index in [2.05, 4.69) is 15.5 Å². The highest BCUT2D eigenvalue weighted by molar-refractivity contribution is 7.99. The first-order valence-corrected chi connectivity index (χ1v) is 9.05. The molecule has 27 heavy (non-hydrogen) atoms. The highest BCUT2D eigenvalue weighted by Gasteiger charge is 2.25. The van der Waals surface area contributed by atoms with Gasteiger partial charge in [-0.2, -0.15) is 0 Å². The topological polar surface area (TPSA) is 146 Å². The van der Waals surface area contributed by atoms with Gasteiger partial charge in [0.2, 0.25) is 5.91 Å². The van der Waals surface area contributed by atoms with Crippen LogP contribution in [0.2, 0.25) is 0 Å². The van der Waals surface area contributed by atoms with Crippen LogP contribution in [0, 0.1) is 16.0 Å². The van der Waals surface area contributed by atoms with Crippen molar-refractivity contribution in [2.45, 2.75) is 25.0 Å². The number of benzene rings is 1. The fourth-order valence-electron chi connectivity index (χ4n) is 2.37. The molecule has 0 unspecified atom stereocenters. The minimum atomic E-state index is -0.554. The van der Waals surface area contributed by atoms with Crippen LogP contribution in [0.25, 0.3) is 0 Å². The van der Waals surface area contributed by atoms with E-state index in [-0.39, 0.29) is 22.9 Å². The number of nitrogens with two attached hydrogens (primary N) is 1. The quantitative estimate of drug-likeness (QED) is 0.392. The number of carbonyl (C=O) groups excluding carboxylic acids is 2. The number of nitro benzene ring substituents is 1. The molecule has 11 heteroatoms. The van der Waals surface area contributed by atoms with E-state index >= 15 is 0 Å². The molecule has 0 fully saturated rings. The van der Waals surface area contributed by atoms with Gasteiger partial charge in [-0.25, -0.2) is 0 Å². The molecule has 0 saturated heterocycles. The predicted molar refractivity (Wildman–Crippen MR) is 99.1 cm³/mol. The van der Waals surface area contributed by atoms with Gasteiger partial charge in [0.25, 0.3) is 11.6 Å². The van der Waals surface area contributed by atoms with Gasteiger partial charge in [-0.05, 0) is 12.0 Å². The Balaban J connectivity index is 2.23. The van der Waals surface area contributed by atoms with Crippen molar-refractivity contribution < 1.29 is 14.5 Å². The molecule has 2 rings (SSSR count). The van der Waals surface area contributed by atoms with Gasteiger partial charge in [-0.15, -0.1) is 10.2 Å². The molecule has 1 aromatic carbocycles. The third kappa shape index (κ3) is 5.03.